The van der Waals surface area contributed by atoms with Gasteiger partial charge in [-0.2, -0.15) is 0 Å². The van der Waals surface area contributed by atoms with E-state index in [9.17, 15) is 19.5 Å². The molecule has 1 aromatic heterocycles. The molecule has 176 valence electrons. The molecule has 34 heavy (non-hydrogen) atoms. The third kappa shape index (κ3) is 4.91. The zero-order valence-electron chi connectivity index (χ0n) is 18.1. The molecule has 1 aliphatic carbocycles. The molecule has 0 fully saturated rings. The van der Waals surface area contributed by atoms with Gasteiger partial charge in [0.15, 0.2) is 24.0 Å². The van der Waals surface area contributed by atoms with Gasteiger partial charge in [-0.3, -0.25) is 4.79 Å². The van der Waals surface area contributed by atoms with E-state index >= 15 is 0 Å². The molecule has 2 aromatic carbocycles. The van der Waals surface area contributed by atoms with E-state index in [1.165, 1.54) is 0 Å². The van der Waals surface area contributed by atoms with Crippen LogP contribution in [0.4, 0.5) is 4.79 Å². The van der Waals surface area contributed by atoms with Crippen molar-refractivity contribution in [3.8, 4) is 11.1 Å². The Kier molecular flexibility index (Phi) is 6.88. The number of alkyl carbamates (subject to hydrolysis) is 1. The van der Waals surface area contributed by atoms with Crippen LogP contribution in [0, 0.1) is 0 Å². The Bertz CT molecular complexity index is 1160. The van der Waals surface area contributed by atoms with Crippen molar-refractivity contribution in [1.82, 2.24) is 15.6 Å². The van der Waals surface area contributed by atoms with Gasteiger partial charge in [0.1, 0.15) is 6.61 Å². The van der Waals surface area contributed by atoms with Crippen molar-refractivity contribution in [2.75, 3.05) is 13.2 Å². The molecule has 1 heterocycles. The van der Waals surface area contributed by atoms with Crippen molar-refractivity contribution in [2.45, 2.75) is 25.0 Å². The molecule has 0 saturated carbocycles. The van der Waals surface area contributed by atoms with E-state index in [2.05, 4.69) is 15.6 Å². The summed E-state index contributed by atoms with van der Waals surface area (Å²) in [6.45, 7) is -0.0505. The van der Waals surface area contributed by atoms with Gasteiger partial charge in [-0.1, -0.05) is 48.5 Å². The van der Waals surface area contributed by atoms with Crippen molar-refractivity contribution in [3.63, 3.8) is 0 Å². The molecule has 0 radical (unpaired) electrons. The predicted molar refractivity (Wildman–Crippen MR) is 119 cm³/mol. The van der Waals surface area contributed by atoms with Gasteiger partial charge in [0.25, 0.3) is 5.91 Å². The zero-order valence-corrected chi connectivity index (χ0v) is 18.1. The summed E-state index contributed by atoms with van der Waals surface area (Å²) in [6, 6.07) is 16.0. The molecule has 0 unspecified atom stereocenters. The Morgan fingerprint density at radius 2 is 1.68 bits per heavy atom. The van der Waals surface area contributed by atoms with E-state index in [4.69, 9.17) is 14.3 Å². The largest absolute Gasteiger partial charge is 0.479 e. The smallest absolute Gasteiger partial charge is 0.407 e. The first kappa shape index (κ1) is 23.0. The number of benzene rings is 2. The average molecular weight is 465 g/mol. The van der Waals surface area contributed by atoms with Crippen molar-refractivity contribution < 1.29 is 33.8 Å². The number of nitrogens with one attached hydrogen (secondary N) is 2. The van der Waals surface area contributed by atoms with Gasteiger partial charge in [-0.25, -0.2) is 14.6 Å². The van der Waals surface area contributed by atoms with E-state index in [0.717, 1.165) is 28.6 Å². The number of amides is 2. The molecule has 2 amide bonds. The van der Waals surface area contributed by atoms with Crippen molar-refractivity contribution in [1.29, 1.82) is 0 Å². The average Bonchev–Trinajstić information content (AvgIpc) is 3.44. The van der Waals surface area contributed by atoms with Crippen molar-refractivity contribution in [2.24, 2.45) is 0 Å². The van der Waals surface area contributed by atoms with Crippen LogP contribution in [0.5, 0.6) is 0 Å². The number of carboxylic acids is 1. The van der Waals surface area contributed by atoms with Gasteiger partial charge in [0, 0.05) is 18.9 Å². The monoisotopic (exact) mass is 465 g/mol. The number of ether oxygens (including phenoxy) is 1. The topological polar surface area (TPSA) is 151 Å². The van der Waals surface area contributed by atoms with Crippen molar-refractivity contribution in [3.05, 3.63) is 77.5 Å². The number of hydrogen-bond donors (Lipinski definition) is 4. The van der Waals surface area contributed by atoms with Crippen LogP contribution < -0.4 is 10.6 Å². The van der Waals surface area contributed by atoms with Gasteiger partial charge in [0.05, 0.1) is 6.54 Å². The molecule has 10 nitrogen and oxygen atoms in total. The Morgan fingerprint density at radius 3 is 2.32 bits per heavy atom. The molecule has 4 N–H and O–H groups in total. The molecule has 0 saturated heterocycles. The lowest BCUT2D eigenvalue weighted by atomic mass is 9.98. The first-order valence-electron chi connectivity index (χ1n) is 10.7. The Hall–Kier alpha value is -4.18. The van der Waals surface area contributed by atoms with E-state index in [1.54, 1.807) is 0 Å². The zero-order chi connectivity index (χ0) is 24.1. The molecule has 1 atom stereocenters. The second-order valence-corrected chi connectivity index (χ2v) is 7.70. The molecular weight excluding hydrogens is 442 g/mol. The van der Waals surface area contributed by atoms with Crippen molar-refractivity contribution >= 4 is 18.0 Å². The summed E-state index contributed by atoms with van der Waals surface area (Å²) in [4.78, 5) is 39.0. The molecule has 3 aromatic rings. The molecular formula is C24H23N3O7. The number of carbonyl (C=O) groups excluding carboxylic acids is 2. The van der Waals surface area contributed by atoms with E-state index in [1.807, 2.05) is 48.5 Å². The molecule has 4 rings (SSSR count). The number of aromatic nitrogens is 1. The van der Waals surface area contributed by atoms with Crippen LogP contribution in [0.15, 0.2) is 59.3 Å². The minimum atomic E-state index is -1.58. The number of rotatable bonds is 9. The first-order valence-corrected chi connectivity index (χ1v) is 10.7. The number of oxazole rings is 1. The van der Waals surface area contributed by atoms with Crippen LogP contribution in [0.3, 0.4) is 0 Å². The summed E-state index contributed by atoms with van der Waals surface area (Å²) in [6.07, 6.45) is -1.34. The van der Waals surface area contributed by atoms with Gasteiger partial charge >= 0.3 is 12.1 Å². The maximum Gasteiger partial charge on any atom is 0.407 e. The third-order valence-electron chi connectivity index (χ3n) is 5.58. The predicted octanol–water partition coefficient (Wildman–Crippen LogP) is 2.28. The SMILES string of the molecule is O=C(NCc1ocnc1C(=O)NCC[C@H](O)C(=O)O)OCC1c2ccccc2-c2ccccc21. The fraction of sp³-hybridized carbons (Fsp3) is 0.250. The second kappa shape index (κ2) is 10.2. The normalized spacial score (nSPS) is 13.0. The fourth-order valence-corrected chi connectivity index (χ4v) is 3.91. The summed E-state index contributed by atoms with van der Waals surface area (Å²) in [5, 5.41) is 22.9. The Morgan fingerprint density at radius 1 is 1.03 bits per heavy atom. The van der Waals surface area contributed by atoms with Crippen LogP contribution in [0.2, 0.25) is 0 Å². The number of nitrogens with zero attached hydrogens (tertiary/aromatic N) is 1. The minimum absolute atomic E-state index is 0.0521. The maximum absolute atomic E-state index is 12.3. The van der Waals surface area contributed by atoms with E-state index in [-0.39, 0.29) is 43.5 Å². The Labute approximate surface area is 194 Å². The lowest BCUT2D eigenvalue weighted by Crippen LogP contribution is -2.31. The summed E-state index contributed by atoms with van der Waals surface area (Å²) in [5.74, 6) is -1.95. The summed E-state index contributed by atoms with van der Waals surface area (Å²) in [7, 11) is 0. The van der Waals surface area contributed by atoms with Crippen LogP contribution in [-0.2, 0) is 16.1 Å². The molecule has 1 aliphatic rings. The maximum atomic E-state index is 12.3. The second-order valence-electron chi connectivity index (χ2n) is 7.70. The van der Waals surface area contributed by atoms with Crippen LogP contribution in [-0.4, -0.2) is 52.4 Å². The number of fused-ring (bicyclic) bond motifs is 3. The Balaban J connectivity index is 1.30. The van der Waals surface area contributed by atoms with Crippen LogP contribution >= 0.6 is 0 Å². The first-order chi connectivity index (χ1) is 16.5. The highest BCUT2D eigenvalue weighted by molar-refractivity contribution is 5.93. The molecule has 10 heteroatoms. The fourth-order valence-electron chi connectivity index (χ4n) is 3.91. The number of aliphatic carboxylic acids is 1. The van der Waals surface area contributed by atoms with Gasteiger partial charge in [0.2, 0.25) is 0 Å². The highest BCUT2D eigenvalue weighted by Crippen LogP contribution is 2.44. The number of carbonyl (C=O) groups is 3. The highest BCUT2D eigenvalue weighted by Gasteiger charge is 2.29. The van der Waals surface area contributed by atoms with Gasteiger partial charge in [-0.05, 0) is 22.3 Å². The molecule has 0 aliphatic heterocycles. The lowest BCUT2D eigenvalue weighted by Gasteiger charge is -2.14. The third-order valence-corrected chi connectivity index (χ3v) is 5.58. The number of aliphatic hydroxyl groups excluding tert-OH is 1. The quantitative estimate of drug-likeness (QED) is 0.376. The lowest BCUT2D eigenvalue weighted by molar-refractivity contribution is -0.146. The van der Waals surface area contributed by atoms with Crippen LogP contribution in [0.1, 0.15) is 39.7 Å². The summed E-state index contributed by atoms with van der Waals surface area (Å²) in [5.41, 5.74) is 4.39. The summed E-state index contributed by atoms with van der Waals surface area (Å²) >= 11 is 0. The minimum Gasteiger partial charge on any atom is -0.479 e. The molecule has 0 bridgehead atoms. The van der Waals surface area contributed by atoms with E-state index in [0.29, 0.717) is 0 Å². The number of hydrogen-bond acceptors (Lipinski definition) is 7. The number of aliphatic hydroxyl groups is 1. The van der Waals surface area contributed by atoms with Gasteiger partial charge < -0.3 is 30.0 Å². The van der Waals surface area contributed by atoms with Gasteiger partial charge in [-0.15, -0.1) is 0 Å². The number of carboxylic acid groups (broad SMARTS) is 1. The van der Waals surface area contributed by atoms with E-state index < -0.39 is 24.1 Å². The standard InChI is InChI=1S/C24H23N3O7/c28-19(23(30)31)9-10-25-22(29)21-20(34-13-27-21)11-26-24(32)33-12-18-16-7-3-1-5-14(16)15-6-2-4-8-17(15)18/h1-8,13,18-19,28H,9-12H2,(H,25,29)(H,26,32)(H,30,31)/t19-/m0/s1. The highest BCUT2D eigenvalue weighted by atomic mass is 16.5. The molecule has 0 spiro atoms. The summed E-state index contributed by atoms with van der Waals surface area (Å²) < 4.78 is 10.6. The van der Waals surface area contributed by atoms with Crippen LogP contribution in [0.25, 0.3) is 11.1 Å².